The van der Waals surface area contributed by atoms with E-state index in [-0.39, 0.29) is 11.9 Å². The molecule has 0 saturated carbocycles. The average Bonchev–Trinajstić information content (AvgIpc) is 2.63. The van der Waals surface area contributed by atoms with E-state index in [0.29, 0.717) is 22.5 Å². The van der Waals surface area contributed by atoms with E-state index in [1.807, 2.05) is 13.8 Å². The molecule has 166 valence electrons. The summed E-state index contributed by atoms with van der Waals surface area (Å²) in [5, 5.41) is 28.7. The Hall–Kier alpha value is -2.56. The number of hydrogen-bond donors (Lipinski definition) is 3. The Bertz CT molecular complexity index is 954. The number of carboxylic acid groups (broad SMARTS) is 1. The van der Waals surface area contributed by atoms with Gasteiger partial charge >= 0.3 is 5.97 Å². The topological polar surface area (TPSA) is 141 Å². The Morgan fingerprint density at radius 2 is 1.87 bits per heavy atom. The van der Waals surface area contributed by atoms with Crippen molar-refractivity contribution in [3.8, 4) is 0 Å². The lowest BCUT2D eigenvalue weighted by Crippen LogP contribution is -2.28. The second-order valence-electron chi connectivity index (χ2n) is 7.16. The first-order valence-electron chi connectivity index (χ1n) is 9.21. The molecule has 0 spiro atoms. The summed E-state index contributed by atoms with van der Waals surface area (Å²) >= 11 is 0. The zero-order chi connectivity index (χ0) is 23.2. The second kappa shape index (κ2) is 10.5. The van der Waals surface area contributed by atoms with Gasteiger partial charge in [-0.15, -0.1) is 0 Å². The number of hydrogen-bond acceptors (Lipinski definition) is 7. The van der Waals surface area contributed by atoms with Crippen LogP contribution in [-0.2, 0) is 14.8 Å². The lowest BCUT2D eigenvalue weighted by molar-refractivity contribution is -0.140. The number of aliphatic hydroxyl groups is 2. The molecule has 9 nitrogen and oxygen atoms in total. The van der Waals surface area contributed by atoms with Crippen molar-refractivity contribution in [2.45, 2.75) is 45.3 Å². The van der Waals surface area contributed by atoms with Crippen molar-refractivity contribution in [2.24, 2.45) is 0 Å². The number of anilines is 1. The van der Waals surface area contributed by atoms with E-state index < -0.39 is 34.6 Å². The molecule has 0 unspecified atom stereocenters. The SMILES string of the molecule is C=C/C=C(\C)c1nc(N(C)S(C)(=O)=O)nc(C(C)C)c1/C=C\[C@@H](O)[C@@H](O)CC(=O)O. The van der Waals surface area contributed by atoms with E-state index in [2.05, 4.69) is 16.5 Å². The molecule has 0 aromatic carbocycles. The Labute approximate surface area is 177 Å². The average molecular weight is 440 g/mol. The van der Waals surface area contributed by atoms with Crippen LogP contribution in [0.15, 0.2) is 24.8 Å². The van der Waals surface area contributed by atoms with E-state index in [1.54, 1.807) is 19.1 Å². The molecule has 2 atom stereocenters. The van der Waals surface area contributed by atoms with Crippen molar-refractivity contribution in [2.75, 3.05) is 17.6 Å². The number of rotatable bonds is 10. The summed E-state index contributed by atoms with van der Waals surface area (Å²) in [7, 11) is -2.24. The standard InChI is InChI=1S/C20H29N3O6S/c1-7-8-13(4)19-14(9-10-15(24)16(25)11-17(26)27)18(12(2)3)21-20(22-19)23(5)30(6,28)29/h7-10,12,15-16,24-25H,1,11H2,2-6H3,(H,26,27)/b10-9-,13-8+/t15-,16+/m1/s1. The highest BCUT2D eigenvalue weighted by atomic mass is 32.2. The van der Waals surface area contributed by atoms with Crippen LogP contribution in [0.25, 0.3) is 11.6 Å². The first-order valence-corrected chi connectivity index (χ1v) is 11.1. The van der Waals surface area contributed by atoms with Gasteiger partial charge in [0.1, 0.15) is 0 Å². The molecule has 1 aromatic rings. The van der Waals surface area contributed by atoms with Gasteiger partial charge in [-0.3, -0.25) is 4.79 Å². The Kier molecular flexibility index (Phi) is 8.89. The number of carboxylic acids is 1. The number of aromatic nitrogens is 2. The molecule has 1 rings (SSSR count). The minimum Gasteiger partial charge on any atom is -0.481 e. The molecule has 0 aliphatic heterocycles. The maximum atomic E-state index is 12.0. The lowest BCUT2D eigenvalue weighted by atomic mass is 9.97. The van der Waals surface area contributed by atoms with E-state index in [1.165, 1.54) is 19.2 Å². The highest BCUT2D eigenvalue weighted by Gasteiger charge is 2.23. The molecule has 30 heavy (non-hydrogen) atoms. The monoisotopic (exact) mass is 439 g/mol. The summed E-state index contributed by atoms with van der Waals surface area (Å²) in [4.78, 5) is 19.6. The van der Waals surface area contributed by atoms with Gasteiger partial charge < -0.3 is 15.3 Å². The number of aliphatic hydroxyl groups excluding tert-OH is 2. The Balaban J connectivity index is 3.66. The predicted octanol–water partition coefficient (Wildman–Crippen LogP) is 1.79. The van der Waals surface area contributed by atoms with Crippen LogP contribution in [0.5, 0.6) is 0 Å². The normalized spacial score (nSPS) is 14.7. The van der Waals surface area contributed by atoms with Gasteiger partial charge in [-0.1, -0.05) is 44.7 Å². The Morgan fingerprint density at radius 3 is 2.33 bits per heavy atom. The molecule has 0 fully saturated rings. The fourth-order valence-corrected chi connectivity index (χ4v) is 2.93. The predicted molar refractivity (Wildman–Crippen MR) is 117 cm³/mol. The lowest BCUT2D eigenvalue weighted by Gasteiger charge is -2.21. The molecular weight excluding hydrogens is 410 g/mol. The minimum absolute atomic E-state index is 0.00313. The van der Waals surface area contributed by atoms with E-state index >= 15 is 0 Å². The molecule has 0 radical (unpaired) electrons. The van der Waals surface area contributed by atoms with Crippen LogP contribution in [0.4, 0.5) is 5.95 Å². The molecule has 1 heterocycles. The first kappa shape index (κ1) is 25.5. The summed E-state index contributed by atoms with van der Waals surface area (Å²) in [5.41, 5.74) is 2.15. The highest BCUT2D eigenvalue weighted by molar-refractivity contribution is 7.92. The third-order valence-electron chi connectivity index (χ3n) is 4.27. The number of allylic oxidation sites excluding steroid dienone is 3. The number of nitrogens with zero attached hydrogens (tertiary/aromatic N) is 3. The number of aliphatic carboxylic acids is 1. The summed E-state index contributed by atoms with van der Waals surface area (Å²) < 4.78 is 24.9. The van der Waals surface area contributed by atoms with Crippen molar-refractivity contribution in [3.63, 3.8) is 0 Å². The zero-order valence-electron chi connectivity index (χ0n) is 17.8. The summed E-state index contributed by atoms with van der Waals surface area (Å²) in [6.45, 7) is 9.17. The van der Waals surface area contributed by atoms with Gasteiger partial charge in [-0.2, -0.15) is 0 Å². The van der Waals surface area contributed by atoms with Crippen molar-refractivity contribution in [1.29, 1.82) is 0 Å². The quantitative estimate of drug-likeness (QED) is 0.469. The van der Waals surface area contributed by atoms with Gasteiger partial charge in [-0.05, 0) is 18.4 Å². The van der Waals surface area contributed by atoms with Crippen molar-refractivity contribution >= 4 is 33.6 Å². The fourth-order valence-electron chi connectivity index (χ4n) is 2.55. The smallest absolute Gasteiger partial charge is 0.306 e. The van der Waals surface area contributed by atoms with Gasteiger partial charge in [0.2, 0.25) is 16.0 Å². The van der Waals surface area contributed by atoms with Crippen LogP contribution >= 0.6 is 0 Å². The van der Waals surface area contributed by atoms with Crippen LogP contribution in [0.2, 0.25) is 0 Å². The highest BCUT2D eigenvalue weighted by Crippen LogP contribution is 2.29. The van der Waals surface area contributed by atoms with Crippen molar-refractivity contribution < 1.29 is 28.5 Å². The van der Waals surface area contributed by atoms with Crippen molar-refractivity contribution in [1.82, 2.24) is 9.97 Å². The summed E-state index contributed by atoms with van der Waals surface area (Å²) in [6, 6.07) is 0. The van der Waals surface area contributed by atoms with Crippen LogP contribution in [-0.4, -0.2) is 65.2 Å². The Morgan fingerprint density at radius 1 is 1.27 bits per heavy atom. The second-order valence-corrected chi connectivity index (χ2v) is 9.17. The third-order valence-corrected chi connectivity index (χ3v) is 5.43. The van der Waals surface area contributed by atoms with Crippen LogP contribution in [0, 0.1) is 0 Å². The van der Waals surface area contributed by atoms with Gasteiger partial charge in [0.15, 0.2) is 0 Å². The van der Waals surface area contributed by atoms with Gasteiger partial charge in [0.25, 0.3) is 0 Å². The van der Waals surface area contributed by atoms with E-state index in [4.69, 9.17) is 5.11 Å². The zero-order valence-corrected chi connectivity index (χ0v) is 18.6. The molecule has 3 N–H and O–H groups in total. The van der Waals surface area contributed by atoms with Crippen LogP contribution < -0.4 is 4.31 Å². The summed E-state index contributed by atoms with van der Waals surface area (Å²) in [6.07, 6.45) is 3.57. The van der Waals surface area contributed by atoms with Gasteiger partial charge in [0, 0.05) is 12.6 Å². The van der Waals surface area contributed by atoms with Crippen LogP contribution in [0.1, 0.15) is 50.1 Å². The molecule has 10 heteroatoms. The van der Waals surface area contributed by atoms with Crippen molar-refractivity contribution in [3.05, 3.63) is 41.8 Å². The van der Waals surface area contributed by atoms with Gasteiger partial charge in [-0.25, -0.2) is 22.7 Å². The molecule has 0 aliphatic rings. The molecule has 0 amide bonds. The maximum absolute atomic E-state index is 12.0. The number of sulfonamides is 1. The molecular formula is C20H29N3O6S. The summed E-state index contributed by atoms with van der Waals surface area (Å²) in [5.74, 6) is -1.37. The van der Waals surface area contributed by atoms with E-state index in [0.717, 1.165) is 10.6 Å². The number of carbonyl (C=O) groups is 1. The largest absolute Gasteiger partial charge is 0.481 e. The molecule has 1 aromatic heterocycles. The van der Waals surface area contributed by atoms with E-state index in [9.17, 15) is 23.4 Å². The van der Waals surface area contributed by atoms with Gasteiger partial charge in [0.05, 0.1) is 36.3 Å². The maximum Gasteiger partial charge on any atom is 0.306 e. The first-order chi connectivity index (χ1) is 13.8. The molecule has 0 bridgehead atoms. The molecule has 0 aliphatic carbocycles. The minimum atomic E-state index is -3.59. The third kappa shape index (κ3) is 6.75. The van der Waals surface area contributed by atoms with Crippen LogP contribution in [0.3, 0.4) is 0 Å². The fraction of sp³-hybridized carbons (Fsp3) is 0.450. The molecule has 0 saturated heterocycles.